The maximum atomic E-state index is 4.65. The van der Waals surface area contributed by atoms with Crippen molar-refractivity contribution in [3.8, 4) is 33.4 Å². The minimum atomic E-state index is 0.823. The Morgan fingerprint density at radius 1 is 0.500 bits per heavy atom. The summed E-state index contributed by atoms with van der Waals surface area (Å²) in [7, 11) is 0. The normalized spacial score (nSPS) is 10.3. The summed E-state index contributed by atoms with van der Waals surface area (Å²) >= 11 is 4.65. The van der Waals surface area contributed by atoms with Gasteiger partial charge in [0.05, 0.1) is 10.8 Å². The predicted molar refractivity (Wildman–Crippen MR) is 122 cm³/mol. The summed E-state index contributed by atoms with van der Waals surface area (Å²) < 4.78 is 0. The van der Waals surface area contributed by atoms with Crippen molar-refractivity contribution in [2.45, 2.75) is 6.92 Å². The van der Waals surface area contributed by atoms with E-state index in [1.807, 2.05) is 12.1 Å². The Bertz CT molecular complexity index is 1120. The quantitative estimate of drug-likeness (QED) is 0.262. The summed E-state index contributed by atoms with van der Waals surface area (Å²) in [5, 5.41) is 2.39. The van der Waals surface area contributed by atoms with Gasteiger partial charge in [-0.05, 0) is 64.7 Å². The van der Waals surface area contributed by atoms with E-state index in [9.17, 15) is 0 Å². The van der Waals surface area contributed by atoms with E-state index in [2.05, 4.69) is 114 Å². The van der Waals surface area contributed by atoms with Crippen molar-refractivity contribution in [1.82, 2.24) is 0 Å². The number of hydrogen-bond donors (Lipinski definition) is 0. The highest BCUT2D eigenvalue weighted by molar-refractivity contribution is 7.78. The molecule has 4 aromatic rings. The lowest BCUT2D eigenvalue weighted by atomic mass is 9.98. The highest BCUT2D eigenvalue weighted by atomic mass is 32.1. The number of isothiocyanates is 1. The second kappa shape index (κ2) is 8.14. The fourth-order valence-corrected chi connectivity index (χ4v) is 3.34. The van der Waals surface area contributed by atoms with Crippen LogP contribution >= 0.6 is 12.2 Å². The minimum Gasteiger partial charge on any atom is -0.195 e. The van der Waals surface area contributed by atoms with Crippen molar-refractivity contribution in [3.63, 3.8) is 0 Å². The van der Waals surface area contributed by atoms with Gasteiger partial charge in [-0.3, -0.25) is 0 Å². The van der Waals surface area contributed by atoms with Crippen LogP contribution in [0.15, 0.2) is 102 Å². The van der Waals surface area contributed by atoms with Crippen molar-refractivity contribution in [1.29, 1.82) is 0 Å². The van der Waals surface area contributed by atoms with Gasteiger partial charge >= 0.3 is 0 Å². The van der Waals surface area contributed by atoms with Crippen molar-refractivity contribution < 1.29 is 0 Å². The number of benzene rings is 4. The zero-order valence-corrected chi connectivity index (χ0v) is 16.4. The van der Waals surface area contributed by atoms with Gasteiger partial charge in [-0.15, -0.1) is 0 Å². The standard InChI is InChI=1S/C26H19NS/c1-19-2-4-20(5-3-19)21-6-8-22(9-7-21)23-10-12-24(13-11-23)25-14-16-26(17-15-25)27-18-28/h2-17H,1H3. The molecule has 0 bridgehead atoms. The zero-order chi connectivity index (χ0) is 19.3. The number of rotatable bonds is 4. The molecule has 0 heterocycles. The van der Waals surface area contributed by atoms with E-state index in [0.29, 0.717) is 0 Å². The SMILES string of the molecule is Cc1ccc(-c2ccc(-c3ccc(-c4ccc(N=C=S)cc4)cc3)cc2)cc1. The van der Waals surface area contributed by atoms with Crippen LogP contribution in [0, 0.1) is 6.92 Å². The third-order valence-corrected chi connectivity index (χ3v) is 4.95. The molecule has 4 aromatic carbocycles. The lowest BCUT2D eigenvalue weighted by Crippen LogP contribution is -1.82. The van der Waals surface area contributed by atoms with Gasteiger partial charge in [0.1, 0.15) is 0 Å². The summed E-state index contributed by atoms with van der Waals surface area (Å²) in [6, 6.07) is 34.0. The summed E-state index contributed by atoms with van der Waals surface area (Å²) in [4.78, 5) is 3.99. The number of aliphatic imine (C=N–C) groups is 1. The molecule has 0 saturated carbocycles. The van der Waals surface area contributed by atoms with Crippen molar-refractivity contribution >= 4 is 23.1 Å². The average Bonchev–Trinajstić information content (AvgIpc) is 2.75. The second-order valence-corrected chi connectivity index (χ2v) is 6.95. The highest BCUT2D eigenvalue weighted by Crippen LogP contribution is 2.28. The Labute approximate surface area is 171 Å². The van der Waals surface area contributed by atoms with Gasteiger partial charge in [0.15, 0.2) is 0 Å². The Morgan fingerprint density at radius 2 is 0.786 bits per heavy atom. The largest absolute Gasteiger partial charge is 0.195 e. The van der Waals surface area contributed by atoms with Crippen LogP contribution in [0.1, 0.15) is 5.56 Å². The smallest absolute Gasteiger partial charge is 0.0739 e. The molecule has 4 rings (SSSR count). The van der Waals surface area contributed by atoms with Gasteiger partial charge in [-0.25, -0.2) is 0 Å². The van der Waals surface area contributed by atoms with E-state index in [1.165, 1.54) is 33.4 Å². The van der Waals surface area contributed by atoms with Gasteiger partial charge in [0.25, 0.3) is 0 Å². The molecule has 0 aliphatic carbocycles. The Balaban J connectivity index is 1.55. The number of aryl methyl sites for hydroxylation is 1. The molecule has 0 atom stereocenters. The number of thiocarbonyl (C=S) groups is 1. The number of nitrogens with zero attached hydrogens (tertiary/aromatic N) is 1. The van der Waals surface area contributed by atoms with Gasteiger partial charge in [0.2, 0.25) is 0 Å². The van der Waals surface area contributed by atoms with E-state index in [0.717, 1.165) is 11.3 Å². The zero-order valence-electron chi connectivity index (χ0n) is 15.6. The molecule has 0 fully saturated rings. The summed E-state index contributed by atoms with van der Waals surface area (Å²) in [5.41, 5.74) is 9.34. The molecule has 0 aliphatic rings. The van der Waals surface area contributed by atoms with Crippen LogP contribution in [0.5, 0.6) is 0 Å². The molecule has 28 heavy (non-hydrogen) atoms. The predicted octanol–water partition coefficient (Wildman–Crippen LogP) is 7.73. The van der Waals surface area contributed by atoms with Crippen LogP contribution in [-0.2, 0) is 0 Å². The van der Waals surface area contributed by atoms with E-state index in [4.69, 9.17) is 0 Å². The molecule has 2 heteroatoms. The first-order valence-electron chi connectivity index (χ1n) is 9.19. The van der Waals surface area contributed by atoms with E-state index in [-0.39, 0.29) is 0 Å². The molecule has 0 amide bonds. The van der Waals surface area contributed by atoms with Crippen molar-refractivity contribution in [2.24, 2.45) is 4.99 Å². The summed E-state index contributed by atoms with van der Waals surface area (Å²) in [6.07, 6.45) is 0. The first kappa shape index (κ1) is 18.1. The lowest BCUT2D eigenvalue weighted by molar-refractivity contribution is 1.47. The molecule has 0 saturated heterocycles. The van der Waals surface area contributed by atoms with E-state index >= 15 is 0 Å². The first-order valence-corrected chi connectivity index (χ1v) is 9.60. The molecule has 0 aliphatic heterocycles. The maximum absolute atomic E-state index is 4.65. The van der Waals surface area contributed by atoms with Crippen LogP contribution < -0.4 is 0 Å². The molecule has 0 unspecified atom stereocenters. The summed E-state index contributed by atoms with van der Waals surface area (Å²) in [5.74, 6) is 0. The third-order valence-electron chi connectivity index (χ3n) is 4.86. The lowest BCUT2D eigenvalue weighted by Gasteiger charge is -2.07. The summed E-state index contributed by atoms with van der Waals surface area (Å²) in [6.45, 7) is 2.11. The Kier molecular flexibility index (Phi) is 5.25. The van der Waals surface area contributed by atoms with Gasteiger partial charge < -0.3 is 0 Å². The fraction of sp³-hybridized carbons (Fsp3) is 0.0385. The van der Waals surface area contributed by atoms with Crippen LogP contribution in [-0.4, -0.2) is 5.16 Å². The van der Waals surface area contributed by atoms with Crippen molar-refractivity contribution in [2.75, 3.05) is 0 Å². The molecule has 134 valence electrons. The van der Waals surface area contributed by atoms with Crippen LogP contribution in [0.3, 0.4) is 0 Å². The van der Waals surface area contributed by atoms with Gasteiger partial charge in [0, 0.05) is 0 Å². The fourth-order valence-electron chi connectivity index (χ4n) is 3.24. The molecular weight excluding hydrogens is 358 g/mol. The monoisotopic (exact) mass is 377 g/mol. The Morgan fingerprint density at radius 3 is 1.11 bits per heavy atom. The molecule has 0 N–H and O–H groups in total. The van der Waals surface area contributed by atoms with Gasteiger partial charge in [-0.2, -0.15) is 4.99 Å². The third kappa shape index (κ3) is 3.99. The molecular formula is C26H19NS. The maximum Gasteiger partial charge on any atom is 0.0739 e. The average molecular weight is 378 g/mol. The molecule has 0 radical (unpaired) electrons. The topological polar surface area (TPSA) is 12.4 Å². The highest BCUT2D eigenvalue weighted by Gasteiger charge is 2.02. The van der Waals surface area contributed by atoms with Crippen LogP contribution in [0.4, 0.5) is 5.69 Å². The van der Waals surface area contributed by atoms with E-state index in [1.54, 1.807) is 0 Å². The van der Waals surface area contributed by atoms with Crippen LogP contribution in [0.25, 0.3) is 33.4 Å². The van der Waals surface area contributed by atoms with Crippen LogP contribution in [0.2, 0.25) is 0 Å². The second-order valence-electron chi connectivity index (χ2n) is 6.77. The van der Waals surface area contributed by atoms with Gasteiger partial charge in [-0.1, -0.05) is 90.5 Å². The molecule has 0 aromatic heterocycles. The van der Waals surface area contributed by atoms with E-state index < -0.39 is 0 Å². The molecule has 0 spiro atoms. The first-order chi connectivity index (χ1) is 13.7. The van der Waals surface area contributed by atoms with Crippen molar-refractivity contribution in [3.05, 3.63) is 103 Å². The number of hydrogen-bond acceptors (Lipinski definition) is 2. The molecule has 1 nitrogen and oxygen atoms in total. The Hall–Kier alpha value is -3.32. The minimum absolute atomic E-state index is 0.823.